The molecular weight excluding hydrogens is 447 g/mol. The van der Waals surface area contributed by atoms with Crippen molar-refractivity contribution in [3.8, 4) is 22.7 Å². The number of aromatic nitrogens is 3. The van der Waals surface area contributed by atoms with Crippen molar-refractivity contribution in [2.75, 3.05) is 0 Å². The standard InChI is InChI=1S/C20H12ClFN4O6/c1-10-16(18(25-32-10)17-13(21)3-2-4-14(17)22)20(27)30-9-15-23-24-19(31-15)11-5-7-12(8-6-11)26(28)29/h2-8H,9H2,1H3. The SMILES string of the molecule is Cc1onc(-c2c(F)cccc2Cl)c1C(=O)OCc1nnc(-c2ccc([N+](=O)[O-])cc2)o1. The van der Waals surface area contributed by atoms with Gasteiger partial charge in [0.05, 0.1) is 15.5 Å². The first-order chi connectivity index (χ1) is 15.3. The third-order valence-corrected chi connectivity index (χ3v) is 4.70. The minimum absolute atomic E-state index is 0.0220. The van der Waals surface area contributed by atoms with E-state index in [1.54, 1.807) is 0 Å². The Morgan fingerprint density at radius 3 is 2.66 bits per heavy atom. The predicted molar refractivity (Wildman–Crippen MR) is 107 cm³/mol. The second-order valence-corrected chi connectivity index (χ2v) is 6.85. The number of nitrogens with zero attached hydrogens (tertiary/aromatic N) is 4. The third-order valence-electron chi connectivity index (χ3n) is 4.39. The van der Waals surface area contributed by atoms with E-state index in [1.807, 2.05) is 0 Å². The first kappa shape index (κ1) is 21.1. The summed E-state index contributed by atoms with van der Waals surface area (Å²) in [6.45, 7) is 1.09. The molecule has 0 saturated heterocycles. The van der Waals surface area contributed by atoms with Gasteiger partial charge in [0.2, 0.25) is 5.89 Å². The number of ether oxygens (including phenoxy) is 1. The number of benzene rings is 2. The number of hydrogen-bond acceptors (Lipinski definition) is 9. The summed E-state index contributed by atoms with van der Waals surface area (Å²) in [5.74, 6) is -1.35. The van der Waals surface area contributed by atoms with Gasteiger partial charge < -0.3 is 13.7 Å². The molecule has 2 aromatic carbocycles. The van der Waals surface area contributed by atoms with Gasteiger partial charge in [-0.25, -0.2) is 9.18 Å². The van der Waals surface area contributed by atoms with E-state index in [-0.39, 0.29) is 51.7 Å². The van der Waals surface area contributed by atoms with E-state index >= 15 is 0 Å². The topological polar surface area (TPSA) is 134 Å². The summed E-state index contributed by atoms with van der Waals surface area (Å²) in [6, 6.07) is 9.55. The van der Waals surface area contributed by atoms with Crippen LogP contribution in [0.1, 0.15) is 22.0 Å². The molecule has 0 fully saturated rings. The summed E-state index contributed by atoms with van der Waals surface area (Å²) in [4.78, 5) is 22.9. The van der Waals surface area contributed by atoms with Crippen LogP contribution < -0.4 is 0 Å². The minimum atomic E-state index is -0.854. The molecule has 4 rings (SSSR count). The number of aryl methyl sites for hydroxylation is 1. The first-order valence-electron chi connectivity index (χ1n) is 9.00. The van der Waals surface area contributed by atoms with Crippen LogP contribution in [-0.2, 0) is 11.3 Å². The second-order valence-electron chi connectivity index (χ2n) is 6.44. The largest absolute Gasteiger partial charge is 0.452 e. The van der Waals surface area contributed by atoms with Crippen molar-refractivity contribution in [2.45, 2.75) is 13.5 Å². The van der Waals surface area contributed by atoms with Crippen molar-refractivity contribution >= 4 is 23.3 Å². The highest BCUT2D eigenvalue weighted by Gasteiger charge is 2.27. The Hall–Kier alpha value is -4.12. The maximum atomic E-state index is 14.3. The average molecular weight is 459 g/mol. The lowest BCUT2D eigenvalue weighted by molar-refractivity contribution is -0.384. The molecule has 0 bridgehead atoms. The zero-order valence-electron chi connectivity index (χ0n) is 16.2. The summed E-state index contributed by atoms with van der Waals surface area (Å²) in [5, 5.41) is 22.2. The predicted octanol–water partition coefficient (Wildman–Crippen LogP) is 4.76. The molecule has 0 N–H and O–H groups in total. The molecule has 0 aliphatic carbocycles. The number of rotatable bonds is 6. The highest BCUT2D eigenvalue weighted by molar-refractivity contribution is 6.33. The van der Waals surface area contributed by atoms with Crippen LogP contribution in [0.25, 0.3) is 22.7 Å². The van der Waals surface area contributed by atoms with Crippen molar-refractivity contribution in [2.24, 2.45) is 0 Å². The zero-order valence-corrected chi connectivity index (χ0v) is 17.0. The smallest absolute Gasteiger partial charge is 0.344 e. The molecule has 0 unspecified atom stereocenters. The quantitative estimate of drug-likeness (QED) is 0.227. The van der Waals surface area contributed by atoms with Crippen LogP contribution >= 0.6 is 11.6 Å². The van der Waals surface area contributed by atoms with E-state index in [1.165, 1.54) is 49.4 Å². The number of hydrogen-bond donors (Lipinski definition) is 0. The van der Waals surface area contributed by atoms with E-state index in [4.69, 9.17) is 25.3 Å². The van der Waals surface area contributed by atoms with Crippen LogP contribution in [0.3, 0.4) is 0 Å². The van der Waals surface area contributed by atoms with E-state index in [9.17, 15) is 19.3 Å². The molecule has 0 aliphatic rings. The van der Waals surface area contributed by atoms with E-state index < -0.39 is 16.7 Å². The number of carbonyl (C=O) groups is 1. The lowest BCUT2D eigenvalue weighted by atomic mass is 10.1. The van der Waals surface area contributed by atoms with E-state index in [0.29, 0.717) is 5.56 Å². The van der Waals surface area contributed by atoms with Gasteiger partial charge in [-0.2, -0.15) is 0 Å². The van der Waals surface area contributed by atoms with Crippen molar-refractivity contribution < 1.29 is 27.8 Å². The van der Waals surface area contributed by atoms with Crippen LogP contribution in [0, 0.1) is 22.9 Å². The summed E-state index contributed by atoms with van der Waals surface area (Å²) >= 11 is 6.07. The van der Waals surface area contributed by atoms with Gasteiger partial charge in [0, 0.05) is 17.7 Å². The number of nitro benzene ring substituents is 1. The van der Waals surface area contributed by atoms with Gasteiger partial charge in [0.1, 0.15) is 22.8 Å². The Morgan fingerprint density at radius 2 is 1.97 bits per heavy atom. The number of carbonyl (C=O) groups excluding carboxylic acids is 1. The molecule has 2 heterocycles. The lowest BCUT2D eigenvalue weighted by Gasteiger charge is -2.05. The highest BCUT2D eigenvalue weighted by atomic mass is 35.5. The summed E-state index contributed by atoms with van der Waals surface area (Å²) in [7, 11) is 0. The van der Waals surface area contributed by atoms with Crippen molar-refractivity contribution in [3.05, 3.63) is 80.6 Å². The Bertz CT molecular complexity index is 1300. The van der Waals surface area contributed by atoms with Crippen molar-refractivity contribution in [1.82, 2.24) is 15.4 Å². The normalized spacial score (nSPS) is 10.8. The monoisotopic (exact) mass is 458 g/mol. The Morgan fingerprint density at radius 1 is 1.22 bits per heavy atom. The van der Waals surface area contributed by atoms with Crippen LogP contribution in [0.4, 0.5) is 10.1 Å². The first-order valence-corrected chi connectivity index (χ1v) is 9.38. The summed E-state index contributed by atoms with van der Waals surface area (Å²) < 4.78 is 30.0. The number of nitro groups is 1. The molecule has 0 spiro atoms. The minimum Gasteiger partial charge on any atom is -0.452 e. The van der Waals surface area contributed by atoms with Gasteiger partial charge >= 0.3 is 5.97 Å². The molecule has 0 saturated carbocycles. The van der Waals surface area contributed by atoms with Gasteiger partial charge in [0.15, 0.2) is 6.61 Å². The zero-order chi connectivity index (χ0) is 22.8. The molecule has 0 atom stereocenters. The molecule has 0 aliphatic heterocycles. The molecule has 2 aromatic heterocycles. The molecule has 0 radical (unpaired) electrons. The van der Waals surface area contributed by atoms with E-state index in [2.05, 4.69) is 15.4 Å². The third kappa shape index (κ3) is 4.05. The maximum Gasteiger partial charge on any atom is 0.344 e. The van der Waals surface area contributed by atoms with Crippen LogP contribution in [0.2, 0.25) is 5.02 Å². The fraction of sp³-hybridized carbons (Fsp3) is 0.100. The molecule has 10 nitrogen and oxygen atoms in total. The Balaban J connectivity index is 1.51. The van der Waals surface area contributed by atoms with Gasteiger partial charge in [-0.15, -0.1) is 10.2 Å². The molecular formula is C20H12ClFN4O6. The van der Waals surface area contributed by atoms with Gasteiger partial charge in [0.25, 0.3) is 11.6 Å². The van der Waals surface area contributed by atoms with Crippen molar-refractivity contribution in [1.29, 1.82) is 0 Å². The Kier molecular flexibility index (Phi) is 5.65. The molecule has 12 heteroatoms. The summed E-state index contributed by atoms with van der Waals surface area (Å²) in [5.41, 5.74) is 0.0975. The van der Waals surface area contributed by atoms with Crippen LogP contribution in [0.5, 0.6) is 0 Å². The molecule has 0 amide bonds. The number of non-ortho nitro benzene ring substituents is 1. The fourth-order valence-electron chi connectivity index (χ4n) is 2.86. The molecule has 4 aromatic rings. The lowest BCUT2D eigenvalue weighted by Crippen LogP contribution is -2.08. The highest BCUT2D eigenvalue weighted by Crippen LogP contribution is 2.34. The number of halogens is 2. The van der Waals surface area contributed by atoms with Gasteiger partial charge in [-0.1, -0.05) is 22.8 Å². The second kappa shape index (κ2) is 8.55. The van der Waals surface area contributed by atoms with Crippen LogP contribution in [0.15, 0.2) is 51.4 Å². The van der Waals surface area contributed by atoms with Crippen molar-refractivity contribution in [3.63, 3.8) is 0 Å². The average Bonchev–Trinajstić information content (AvgIpc) is 3.39. The van der Waals surface area contributed by atoms with Gasteiger partial charge in [-0.3, -0.25) is 10.1 Å². The van der Waals surface area contributed by atoms with Crippen LogP contribution in [-0.4, -0.2) is 26.2 Å². The maximum absolute atomic E-state index is 14.3. The Labute approximate surface area is 183 Å². The van der Waals surface area contributed by atoms with E-state index in [0.717, 1.165) is 0 Å². The molecule has 32 heavy (non-hydrogen) atoms. The summed E-state index contributed by atoms with van der Waals surface area (Å²) in [6.07, 6.45) is 0. The van der Waals surface area contributed by atoms with Gasteiger partial charge in [-0.05, 0) is 31.2 Å². The number of esters is 1. The molecule has 162 valence electrons. The fourth-order valence-corrected chi connectivity index (χ4v) is 3.11.